The number of aromatic amines is 1. The van der Waals surface area contributed by atoms with Gasteiger partial charge in [0.1, 0.15) is 5.82 Å². The molecule has 2 atom stereocenters. The lowest BCUT2D eigenvalue weighted by Gasteiger charge is -2.15. The monoisotopic (exact) mass is 273 g/mol. The van der Waals surface area contributed by atoms with Crippen LogP contribution in [-0.2, 0) is 4.79 Å². The topological polar surface area (TPSA) is 81.8 Å². The van der Waals surface area contributed by atoms with Gasteiger partial charge >= 0.3 is 0 Å². The molecule has 1 aromatic heterocycles. The Kier molecular flexibility index (Phi) is 3.66. The molecule has 3 rings (SSSR count). The van der Waals surface area contributed by atoms with E-state index in [0.717, 1.165) is 36.2 Å². The molecule has 2 heterocycles. The highest BCUT2D eigenvalue weighted by Gasteiger charge is 2.22. The van der Waals surface area contributed by atoms with Crippen molar-refractivity contribution in [1.29, 1.82) is 0 Å². The highest BCUT2D eigenvalue weighted by Crippen LogP contribution is 2.14. The molecule has 0 unspecified atom stereocenters. The fourth-order valence-corrected chi connectivity index (χ4v) is 2.42. The quantitative estimate of drug-likeness (QED) is 0.626. The molecule has 0 radical (unpaired) electrons. The van der Waals surface area contributed by atoms with E-state index >= 15 is 0 Å². The number of carbonyl (C=O) groups is 1. The number of imidazole rings is 1. The number of H-pyrrole nitrogens is 1. The van der Waals surface area contributed by atoms with Crippen LogP contribution in [0, 0.1) is 0 Å². The van der Waals surface area contributed by atoms with Crippen molar-refractivity contribution < 1.29 is 4.79 Å². The lowest BCUT2D eigenvalue weighted by atomic mass is 10.2. The Bertz CT molecular complexity index is 569. The smallest absolute Gasteiger partial charge is 0.251 e. The number of aromatic nitrogens is 2. The van der Waals surface area contributed by atoms with Crippen LogP contribution in [0.5, 0.6) is 0 Å². The summed E-state index contributed by atoms with van der Waals surface area (Å²) in [6.07, 6.45) is 1.95. The molecule has 1 aliphatic rings. The number of fused-ring (bicyclic) bond motifs is 1. The Morgan fingerprint density at radius 3 is 3.05 bits per heavy atom. The Morgan fingerprint density at radius 2 is 2.30 bits per heavy atom. The first kappa shape index (κ1) is 13.1. The maximum Gasteiger partial charge on any atom is 0.251 e. The van der Waals surface area contributed by atoms with Gasteiger partial charge in [-0.25, -0.2) is 10.4 Å². The molecule has 1 amide bonds. The summed E-state index contributed by atoms with van der Waals surface area (Å²) in [5.41, 5.74) is 7.69. The number of nitrogens with one attached hydrogen (secondary N) is 4. The summed E-state index contributed by atoms with van der Waals surface area (Å²) in [6, 6.07) is 7.72. The molecule has 4 N–H and O–H groups in total. The zero-order valence-electron chi connectivity index (χ0n) is 11.4. The maximum atomic E-state index is 11.9. The lowest BCUT2D eigenvalue weighted by molar-refractivity contribution is -0.124. The highest BCUT2D eigenvalue weighted by atomic mass is 16.2. The van der Waals surface area contributed by atoms with Crippen molar-refractivity contribution in [2.75, 3.05) is 6.54 Å². The van der Waals surface area contributed by atoms with Crippen molar-refractivity contribution in [1.82, 2.24) is 26.1 Å². The van der Waals surface area contributed by atoms with Crippen LogP contribution in [0.15, 0.2) is 24.3 Å². The fraction of sp³-hybridized carbons (Fsp3) is 0.429. The molecule has 0 aliphatic carbocycles. The molecule has 0 saturated carbocycles. The van der Waals surface area contributed by atoms with Gasteiger partial charge in [-0.2, -0.15) is 0 Å². The summed E-state index contributed by atoms with van der Waals surface area (Å²) in [5, 5.41) is 3.17. The van der Waals surface area contributed by atoms with Gasteiger partial charge in [0.05, 0.1) is 23.1 Å². The molecule has 1 aromatic carbocycles. The standard InChI is InChI=1S/C14H19N5O/c1-9(18-19-14(20)12-7-4-8-15-12)13-16-10-5-2-3-6-11(10)17-13/h2-3,5-6,9,12,15,18H,4,7-8H2,1H3,(H,16,17)(H,19,20)/t9-,12-/m0/s1. The van der Waals surface area contributed by atoms with Crippen molar-refractivity contribution in [3.05, 3.63) is 30.1 Å². The Hall–Kier alpha value is -1.92. The van der Waals surface area contributed by atoms with Gasteiger partial charge < -0.3 is 10.3 Å². The number of hydrazine groups is 1. The van der Waals surface area contributed by atoms with Crippen LogP contribution < -0.4 is 16.2 Å². The average Bonchev–Trinajstić information content (AvgIpc) is 3.12. The summed E-state index contributed by atoms with van der Waals surface area (Å²) >= 11 is 0. The van der Waals surface area contributed by atoms with Crippen LogP contribution in [-0.4, -0.2) is 28.5 Å². The van der Waals surface area contributed by atoms with Crippen LogP contribution in [0.25, 0.3) is 11.0 Å². The molecule has 1 fully saturated rings. The van der Waals surface area contributed by atoms with Gasteiger partial charge in [0, 0.05) is 0 Å². The van der Waals surface area contributed by atoms with Gasteiger partial charge in [-0.3, -0.25) is 10.2 Å². The van der Waals surface area contributed by atoms with E-state index in [2.05, 4.69) is 26.1 Å². The summed E-state index contributed by atoms with van der Waals surface area (Å²) in [4.78, 5) is 19.6. The zero-order valence-corrected chi connectivity index (χ0v) is 11.4. The van der Waals surface area contributed by atoms with Crippen molar-refractivity contribution >= 4 is 16.9 Å². The summed E-state index contributed by atoms with van der Waals surface area (Å²) < 4.78 is 0. The fourth-order valence-electron chi connectivity index (χ4n) is 2.42. The molecule has 0 spiro atoms. The number of carbonyl (C=O) groups excluding carboxylic acids is 1. The van der Waals surface area contributed by atoms with E-state index in [1.165, 1.54) is 0 Å². The average molecular weight is 273 g/mol. The minimum absolute atomic E-state index is 0.00883. The molecular formula is C14H19N5O. The van der Waals surface area contributed by atoms with Crippen molar-refractivity contribution in [2.45, 2.75) is 31.8 Å². The van der Waals surface area contributed by atoms with Crippen LogP contribution in [0.3, 0.4) is 0 Å². The van der Waals surface area contributed by atoms with Gasteiger partial charge in [-0.15, -0.1) is 0 Å². The third-order valence-corrected chi connectivity index (χ3v) is 3.61. The number of rotatable bonds is 4. The van der Waals surface area contributed by atoms with E-state index in [-0.39, 0.29) is 18.0 Å². The van der Waals surface area contributed by atoms with E-state index in [4.69, 9.17) is 0 Å². The second-order valence-electron chi connectivity index (χ2n) is 5.14. The summed E-state index contributed by atoms with van der Waals surface area (Å²) in [6.45, 7) is 2.87. The summed E-state index contributed by atoms with van der Waals surface area (Å²) in [5.74, 6) is 0.802. The van der Waals surface area contributed by atoms with E-state index in [1.54, 1.807) is 0 Å². The number of amides is 1. The van der Waals surface area contributed by atoms with Gasteiger partial charge in [0.25, 0.3) is 5.91 Å². The minimum atomic E-state index is -0.0784. The van der Waals surface area contributed by atoms with Gasteiger partial charge in [-0.05, 0) is 38.4 Å². The van der Waals surface area contributed by atoms with E-state index in [1.807, 2.05) is 31.2 Å². The second kappa shape index (κ2) is 5.60. The molecule has 6 nitrogen and oxygen atoms in total. The Balaban J connectivity index is 1.60. The molecule has 1 aliphatic heterocycles. The first-order chi connectivity index (χ1) is 9.74. The Morgan fingerprint density at radius 1 is 1.45 bits per heavy atom. The van der Waals surface area contributed by atoms with E-state index < -0.39 is 0 Å². The van der Waals surface area contributed by atoms with Crippen LogP contribution in [0.1, 0.15) is 31.6 Å². The van der Waals surface area contributed by atoms with Gasteiger partial charge in [0.15, 0.2) is 0 Å². The van der Waals surface area contributed by atoms with Crippen LogP contribution >= 0.6 is 0 Å². The number of nitrogens with zero attached hydrogens (tertiary/aromatic N) is 1. The third kappa shape index (κ3) is 2.66. The van der Waals surface area contributed by atoms with Crippen LogP contribution in [0.2, 0.25) is 0 Å². The number of hydrogen-bond donors (Lipinski definition) is 4. The molecule has 20 heavy (non-hydrogen) atoms. The van der Waals surface area contributed by atoms with Crippen molar-refractivity contribution in [3.8, 4) is 0 Å². The zero-order chi connectivity index (χ0) is 13.9. The normalized spacial score (nSPS) is 20.1. The maximum absolute atomic E-state index is 11.9. The van der Waals surface area contributed by atoms with Gasteiger partial charge in [0.2, 0.25) is 0 Å². The summed E-state index contributed by atoms with van der Waals surface area (Å²) in [7, 11) is 0. The largest absolute Gasteiger partial charge is 0.341 e. The molecule has 1 saturated heterocycles. The van der Waals surface area contributed by atoms with Crippen LogP contribution in [0.4, 0.5) is 0 Å². The van der Waals surface area contributed by atoms with Crippen molar-refractivity contribution in [3.63, 3.8) is 0 Å². The van der Waals surface area contributed by atoms with Gasteiger partial charge in [-0.1, -0.05) is 12.1 Å². The van der Waals surface area contributed by atoms with E-state index in [9.17, 15) is 4.79 Å². The number of benzene rings is 1. The first-order valence-electron chi connectivity index (χ1n) is 6.97. The number of hydrogen-bond acceptors (Lipinski definition) is 4. The highest BCUT2D eigenvalue weighted by molar-refractivity contribution is 5.81. The predicted molar refractivity (Wildman–Crippen MR) is 76.8 cm³/mol. The minimum Gasteiger partial charge on any atom is -0.341 e. The van der Waals surface area contributed by atoms with E-state index in [0.29, 0.717) is 0 Å². The predicted octanol–water partition coefficient (Wildman–Crippen LogP) is 0.997. The Labute approximate surface area is 117 Å². The SMILES string of the molecule is C[C@H](NNC(=O)[C@@H]1CCCN1)c1nc2ccccc2[nH]1. The molecule has 2 aromatic rings. The molecular weight excluding hydrogens is 254 g/mol. The van der Waals surface area contributed by atoms with Crippen molar-refractivity contribution in [2.24, 2.45) is 0 Å². The number of para-hydroxylation sites is 2. The second-order valence-corrected chi connectivity index (χ2v) is 5.14. The molecule has 6 heteroatoms. The first-order valence-corrected chi connectivity index (χ1v) is 6.97. The molecule has 0 bridgehead atoms. The lowest BCUT2D eigenvalue weighted by Crippen LogP contribution is -2.47. The third-order valence-electron chi connectivity index (χ3n) is 3.61. The molecule has 106 valence electrons.